The van der Waals surface area contributed by atoms with Crippen LogP contribution in [0.15, 0.2) is 28.3 Å². The van der Waals surface area contributed by atoms with E-state index in [0.29, 0.717) is 5.95 Å². The first kappa shape index (κ1) is 9.56. The predicted molar refractivity (Wildman–Crippen MR) is 69.4 cm³/mol. The quantitative estimate of drug-likeness (QED) is 0.731. The van der Waals surface area contributed by atoms with Crippen LogP contribution in [0.3, 0.4) is 0 Å². The summed E-state index contributed by atoms with van der Waals surface area (Å²) in [5, 5.41) is 10.3. The lowest BCUT2D eigenvalue weighted by molar-refractivity contribution is 1.25. The van der Waals surface area contributed by atoms with Crippen LogP contribution < -0.4 is 11.1 Å². The third kappa shape index (κ3) is 1.62. The summed E-state index contributed by atoms with van der Waals surface area (Å²) < 4.78 is 0. The van der Waals surface area contributed by atoms with Crippen LogP contribution in [0.2, 0.25) is 0 Å². The van der Waals surface area contributed by atoms with Crippen molar-refractivity contribution in [2.75, 3.05) is 11.1 Å². The molecule has 0 bridgehead atoms. The van der Waals surface area contributed by atoms with E-state index in [1.54, 1.807) is 22.7 Å². The van der Waals surface area contributed by atoms with E-state index in [1.165, 1.54) is 0 Å². The Labute approximate surface area is 99.8 Å². The van der Waals surface area contributed by atoms with Crippen molar-refractivity contribution < 1.29 is 0 Å². The lowest BCUT2D eigenvalue weighted by Crippen LogP contribution is -1.99. The van der Waals surface area contributed by atoms with Crippen molar-refractivity contribution in [2.45, 2.75) is 0 Å². The summed E-state index contributed by atoms with van der Waals surface area (Å²) >= 11 is 3.20. The van der Waals surface area contributed by atoms with Crippen LogP contribution >= 0.6 is 22.7 Å². The number of rotatable bonds is 2. The normalized spacial score (nSPS) is 10.8. The van der Waals surface area contributed by atoms with E-state index in [2.05, 4.69) is 15.3 Å². The lowest BCUT2D eigenvalue weighted by Gasteiger charge is -2.04. The molecule has 3 heterocycles. The molecular weight excluding hydrogens is 240 g/mol. The molecule has 0 amide bonds. The number of fused-ring (bicyclic) bond motifs is 1. The standard InChI is InChI=1S/C10H8N4S2/c11-10-13-8(12-6-1-3-15-5-6)7-2-4-16-9(7)14-10/h1-5H,(H3,11,12,13,14). The number of nitrogens with one attached hydrogen (secondary N) is 1. The van der Waals surface area contributed by atoms with Crippen molar-refractivity contribution in [3.05, 3.63) is 28.3 Å². The van der Waals surface area contributed by atoms with E-state index in [1.807, 2.05) is 28.3 Å². The maximum atomic E-state index is 5.66. The number of thiophene rings is 2. The van der Waals surface area contributed by atoms with Gasteiger partial charge in [0.25, 0.3) is 0 Å². The largest absolute Gasteiger partial charge is 0.368 e. The van der Waals surface area contributed by atoms with Gasteiger partial charge in [0, 0.05) is 5.38 Å². The van der Waals surface area contributed by atoms with Crippen molar-refractivity contribution in [3.8, 4) is 0 Å². The number of aromatic nitrogens is 2. The smallest absolute Gasteiger partial charge is 0.223 e. The average molecular weight is 248 g/mol. The summed E-state index contributed by atoms with van der Waals surface area (Å²) in [6, 6.07) is 4.00. The Kier molecular flexibility index (Phi) is 2.23. The van der Waals surface area contributed by atoms with Gasteiger partial charge in [-0.1, -0.05) is 0 Å². The van der Waals surface area contributed by atoms with Crippen molar-refractivity contribution in [1.29, 1.82) is 0 Å². The van der Waals surface area contributed by atoms with Gasteiger partial charge in [-0.3, -0.25) is 0 Å². The molecule has 0 atom stereocenters. The Balaban J connectivity index is 2.11. The molecule has 3 rings (SSSR count). The van der Waals surface area contributed by atoms with Crippen LogP contribution in [0, 0.1) is 0 Å². The molecule has 0 aliphatic rings. The molecule has 4 nitrogen and oxygen atoms in total. The molecule has 3 N–H and O–H groups in total. The monoisotopic (exact) mass is 248 g/mol. The number of nitrogens with two attached hydrogens (primary N) is 1. The molecule has 16 heavy (non-hydrogen) atoms. The summed E-state index contributed by atoms with van der Waals surface area (Å²) in [4.78, 5) is 9.30. The van der Waals surface area contributed by atoms with E-state index in [0.717, 1.165) is 21.7 Å². The molecule has 0 fully saturated rings. The van der Waals surface area contributed by atoms with Crippen LogP contribution in [0.25, 0.3) is 10.2 Å². The molecule has 6 heteroatoms. The summed E-state index contributed by atoms with van der Waals surface area (Å²) in [5.74, 6) is 1.06. The second kappa shape index (κ2) is 3.73. The van der Waals surface area contributed by atoms with Crippen molar-refractivity contribution in [3.63, 3.8) is 0 Å². The van der Waals surface area contributed by atoms with Gasteiger partial charge in [-0.05, 0) is 22.9 Å². The molecule has 0 aromatic carbocycles. The van der Waals surface area contributed by atoms with Crippen molar-refractivity contribution in [2.24, 2.45) is 0 Å². The fourth-order valence-electron chi connectivity index (χ4n) is 1.44. The molecule has 0 aliphatic carbocycles. The Morgan fingerprint density at radius 1 is 1.19 bits per heavy atom. The average Bonchev–Trinajstić information content (AvgIpc) is 2.87. The van der Waals surface area contributed by atoms with Gasteiger partial charge in [0.15, 0.2) is 0 Å². The van der Waals surface area contributed by atoms with Gasteiger partial charge in [0.1, 0.15) is 10.6 Å². The SMILES string of the molecule is Nc1nc(Nc2ccsc2)c2ccsc2n1. The molecule has 0 unspecified atom stereocenters. The van der Waals surface area contributed by atoms with Crippen LogP contribution in [0.4, 0.5) is 17.5 Å². The third-order valence-corrected chi connectivity index (χ3v) is 3.62. The molecule has 0 radical (unpaired) electrons. The van der Waals surface area contributed by atoms with Gasteiger partial charge in [0.05, 0.1) is 11.1 Å². The van der Waals surface area contributed by atoms with Gasteiger partial charge in [-0.2, -0.15) is 16.3 Å². The Morgan fingerprint density at radius 3 is 2.94 bits per heavy atom. The molecule has 3 aromatic heterocycles. The number of nitrogen functional groups attached to an aromatic ring is 1. The van der Waals surface area contributed by atoms with Crippen LogP contribution in [0.1, 0.15) is 0 Å². The van der Waals surface area contributed by atoms with Crippen LogP contribution in [0.5, 0.6) is 0 Å². The molecule has 80 valence electrons. The molecule has 0 aliphatic heterocycles. The fourth-order valence-corrected chi connectivity index (χ4v) is 2.80. The van der Waals surface area contributed by atoms with Crippen molar-refractivity contribution in [1.82, 2.24) is 9.97 Å². The van der Waals surface area contributed by atoms with Gasteiger partial charge in [0.2, 0.25) is 5.95 Å². The third-order valence-electron chi connectivity index (χ3n) is 2.13. The zero-order chi connectivity index (χ0) is 11.0. The van der Waals surface area contributed by atoms with Gasteiger partial charge < -0.3 is 11.1 Å². The summed E-state index contributed by atoms with van der Waals surface area (Å²) in [6.45, 7) is 0. The highest BCUT2D eigenvalue weighted by atomic mass is 32.1. The summed E-state index contributed by atoms with van der Waals surface area (Å²) in [7, 11) is 0. The number of hydrogen-bond acceptors (Lipinski definition) is 6. The zero-order valence-electron chi connectivity index (χ0n) is 8.18. The van der Waals surface area contributed by atoms with E-state index >= 15 is 0 Å². The summed E-state index contributed by atoms with van der Waals surface area (Å²) in [6.07, 6.45) is 0. The van der Waals surface area contributed by atoms with Gasteiger partial charge >= 0.3 is 0 Å². The topological polar surface area (TPSA) is 63.8 Å². The first-order valence-corrected chi connectivity index (χ1v) is 6.45. The van der Waals surface area contributed by atoms with Crippen LogP contribution in [-0.4, -0.2) is 9.97 Å². The molecule has 0 saturated carbocycles. The zero-order valence-corrected chi connectivity index (χ0v) is 9.81. The molecule has 3 aromatic rings. The highest BCUT2D eigenvalue weighted by molar-refractivity contribution is 7.16. The van der Waals surface area contributed by atoms with E-state index < -0.39 is 0 Å². The predicted octanol–water partition coefficient (Wildman–Crippen LogP) is 3.08. The summed E-state index contributed by atoms with van der Waals surface area (Å²) in [5.41, 5.74) is 6.68. The fraction of sp³-hybridized carbons (Fsp3) is 0. The van der Waals surface area contributed by atoms with Gasteiger partial charge in [-0.15, -0.1) is 11.3 Å². The highest BCUT2D eigenvalue weighted by Crippen LogP contribution is 2.28. The van der Waals surface area contributed by atoms with E-state index in [9.17, 15) is 0 Å². The molecule has 0 spiro atoms. The highest BCUT2D eigenvalue weighted by Gasteiger charge is 2.07. The minimum absolute atomic E-state index is 0.299. The number of hydrogen-bond donors (Lipinski definition) is 2. The molecule has 0 saturated heterocycles. The van der Waals surface area contributed by atoms with Crippen molar-refractivity contribution >= 4 is 50.3 Å². The maximum absolute atomic E-state index is 5.66. The lowest BCUT2D eigenvalue weighted by atomic mass is 10.3. The minimum Gasteiger partial charge on any atom is -0.368 e. The van der Waals surface area contributed by atoms with Crippen LogP contribution in [-0.2, 0) is 0 Å². The number of nitrogens with zero attached hydrogens (tertiary/aromatic N) is 2. The molecular formula is C10H8N4S2. The van der Waals surface area contributed by atoms with Gasteiger partial charge in [-0.25, -0.2) is 4.98 Å². The second-order valence-electron chi connectivity index (χ2n) is 3.21. The van der Waals surface area contributed by atoms with E-state index in [4.69, 9.17) is 5.73 Å². The Morgan fingerprint density at radius 2 is 2.12 bits per heavy atom. The second-order valence-corrected chi connectivity index (χ2v) is 4.88. The first-order chi connectivity index (χ1) is 7.83. The Hall–Kier alpha value is -1.66. The minimum atomic E-state index is 0.299. The Bertz CT molecular complexity index is 615. The maximum Gasteiger partial charge on any atom is 0.223 e. The van der Waals surface area contributed by atoms with E-state index in [-0.39, 0.29) is 0 Å². The number of anilines is 3. The first-order valence-electron chi connectivity index (χ1n) is 4.63.